The van der Waals surface area contributed by atoms with E-state index in [4.69, 9.17) is 0 Å². The van der Waals surface area contributed by atoms with Gasteiger partial charge in [-0.1, -0.05) is 0 Å². The normalized spacial score (nSPS) is 20.3. The monoisotopic (exact) mass is 285 g/mol. The maximum Gasteiger partial charge on any atom is 0.157 e. The van der Waals surface area contributed by atoms with Crippen molar-refractivity contribution in [2.45, 2.75) is 38.6 Å². The topological polar surface area (TPSA) is 45.5 Å². The van der Waals surface area contributed by atoms with Crippen molar-refractivity contribution in [2.75, 3.05) is 24.5 Å². The Bertz CT molecular complexity index is 623. The van der Waals surface area contributed by atoms with Crippen LogP contribution in [0.4, 0.5) is 5.82 Å². The number of nitrogens with one attached hydrogen (secondary N) is 1. The Balaban J connectivity index is 1.45. The average Bonchev–Trinajstić information content (AvgIpc) is 3.21. The maximum atomic E-state index is 4.37. The minimum atomic E-state index is 0.828. The van der Waals surface area contributed by atoms with Gasteiger partial charge in [0.05, 0.1) is 0 Å². The Kier molecular flexibility index (Phi) is 3.30. The number of anilines is 1. The van der Waals surface area contributed by atoms with Crippen molar-refractivity contribution in [3.8, 4) is 0 Å². The highest BCUT2D eigenvalue weighted by atomic mass is 15.4. The molecule has 1 aliphatic carbocycles. The number of fused-ring (bicyclic) bond motifs is 1. The highest BCUT2D eigenvalue weighted by molar-refractivity contribution is 5.53. The summed E-state index contributed by atoms with van der Waals surface area (Å²) in [4.78, 5) is 6.78. The van der Waals surface area contributed by atoms with Crippen molar-refractivity contribution >= 4 is 11.5 Å². The zero-order valence-electron chi connectivity index (χ0n) is 12.6. The summed E-state index contributed by atoms with van der Waals surface area (Å²) in [6.07, 6.45) is 6.94. The summed E-state index contributed by atoms with van der Waals surface area (Å²) in [5.74, 6) is 2.02. The maximum absolute atomic E-state index is 4.37. The molecule has 1 N–H and O–H groups in total. The van der Waals surface area contributed by atoms with Crippen LogP contribution in [0.3, 0.4) is 0 Å². The molecule has 2 aromatic heterocycles. The molecule has 112 valence electrons. The molecule has 2 aliphatic rings. The van der Waals surface area contributed by atoms with Gasteiger partial charge in [0.25, 0.3) is 0 Å². The second-order valence-electron chi connectivity index (χ2n) is 6.53. The van der Waals surface area contributed by atoms with Crippen molar-refractivity contribution in [3.05, 3.63) is 24.0 Å². The molecular formula is C16H23N5. The van der Waals surface area contributed by atoms with Gasteiger partial charge in [-0.2, -0.15) is 9.61 Å². The van der Waals surface area contributed by atoms with Crippen LogP contribution in [0, 0.1) is 12.8 Å². The lowest BCUT2D eigenvalue weighted by molar-refractivity contribution is 0.380. The van der Waals surface area contributed by atoms with Gasteiger partial charge in [-0.25, -0.2) is 4.98 Å². The van der Waals surface area contributed by atoms with Gasteiger partial charge in [0, 0.05) is 19.1 Å². The highest BCUT2D eigenvalue weighted by Crippen LogP contribution is 2.25. The van der Waals surface area contributed by atoms with Gasteiger partial charge in [0.1, 0.15) is 12.1 Å². The first-order valence-electron chi connectivity index (χ1n) is 8.08. The average molecular weight is 285 g/mol. The molecule has 1 saturated heterocycles. The predicted octanol–water partition coefficient (Wildman–Crippen LogP) is 2.01. The Hall–Kier alpha value is -1.62. The highest BCUT2D eigenvalue weighted by Gasteiger charge is 2.25. The molecule has 0 spiro atoms. The number of hydrogen-bond acceptors (Lipinski definition) is 4. The van der Waals surface area contributed by atoms with Crippen LogP contribution in [-0.2, 0) is 0 Å². The second kappa shape index (κ2) is 5.30. The lowest BCUT2D eigenvalue weighted by Gasteiger charge is -2.33. The van der Waals surface area contributed by atoms with Crippen molar-refractivity contribution in [1.82, 2.24) is 19.9 Å². The van der Waals surface area contributed by atoms with E-state index >= 15 is 0 Å². The number of pyridine rings is 1. The van der Waals surface area contributed by atoms with E-state index < -0.39 is 0 Å². The van der Waals surface area contributed by atoms with Gasteiger partial charge in [-0.05, 0) is 62.8 Å². The van der Waals surface area contributed by atoms with Crippen molar-refractivity contribution in [3.63, 3.8) is 0 Å². The molecule has 0 bridgehead atoms. The number of aromatic nitrogens is 3. The molecule has 5 nitrogen and oxygen atoms in total. The van der Waals surface area contributed by atoms with Gasteiger partial charge in [-0.15, -0.1) is 0 Å². The largest absolute Gasteiger partial charge is 0.356 e. The standard InChI is InChI=1S/C16H23N5/c1-12-8-15-18-11-19-21(15)16(9-12)20-6-4-13(5-7-20)10-17-14-2-3-14/h8-9,11,13-14,17H,2-7,10H2,1H3. The van der Waals surface area contributed by atoms with E-state index in [-0.39, 0.29) is 0 Å². The van der Waals surface area contributed by atoms with Crippen LogP contribution < -0.4 is 10.2 Å². The van der Waals surface area contributed by atoms with E-state index in [9.17, 15) is 0 Å². The van der Waals surface area contributed by atoms with E-state index in [2.05, 4.69) is 39.4 Å². The molecule has 0 radical (unpaired) electrons. The Morgan fingerprint density at radius 2 is 2.00 bits per heavy atom. The zero-order chi connectivity index (χ0) is 14.2. The fourth-order valence-corrected chi connectivity index (χ4v) is 3.25. The minimum absolute atomic E-state index is 0.828. The Morgan fingerprint density at radius 1 is 1.19 bits per heavy atom. The number of piperidine rings is 1. The van der Waals surface area contributed by atoms with Gasteiger partial charge < -0.3 is 10.2 Å². The predicted molar refractivity (Wildman–Crippen MR) is 83.7 cm³/mol. The van der Waals surface area contributed by atoms with Crippen molar-refractivity contribution in [2.24, 2.45) is 5.92 Å². The molecule has 0 amide bonds. The third-order valence-corrected chi connectivity index (χ3v) is 4.72. The summed E-state index contributed by atoms with van der Waals surface area (Å²) in [5.41, 5.74) is 2.20. The molecule has 0 unspecified atom stereocenters. The van der Waals surface area contributed by atoms with E-state index in [1.165, 1.54) is 43.6 Å². The molecular weight excluding hydrogens is 262 g/mol. The molecule has 1 saturated carbocycles. The summed E-state index contributed by atoms with van der Waals surface area (Å²) < 4.78 is 1.97. The fourth-order valence-electron chi connectivity index (χ4n) is 3.25. The molecule has 3 heterocycles. The Labute approximate surface area is 125 Å². The summed E-state index contributed by atoms with van der Waals surface area (Å²) in [5, 5.41) is 8.04. The Morgan fingerprint density at radius 3 is 2.76 bits per heavy atom. The molecule has 4 rings (SSSR count). The minimum Gasteiger partial charge on any atom is -0.356 e. The number of hydrogen-bond donors (Lipinski definition) is 1. The van der Waals surface area contributed by atoms with Gasteiger partial charge in [0.2, 0.25) is 0 Å². The van der Waals surface area contributed by atoms with Crippen molar-refractivity contribution < 1.29 is 0 Å². The quantitative estimate of drug-likeness (QED) is 0.933. The molecule has 21 heavy (non-hydrogen) atoms. The molecule has 0 atom stereocenters. The van der Waals surface area contributed by atoms with Crippen LogP contribution >= 0.6 is 0 Å². The van der Waals surface area contributed by atoms with Crippen LogP contribution in [0.15, 0.2) is 18.5 Å². The van der Waals surface area contributed by atoms with Crippen LogP contribution in [0.5, 0.6) is 0 Å². The second-order valence-corrected chi connectivity index (χ2v) is 6.53. The third kappa shape index (κ3) is 2.75. The van der Waals surface area contributed by atoms with Crippen molar-refractivity contribution in [1.29, 1.82) is 0 Å². The van der Waals surface area contributed by atoms with Gasteiger partial charge >= 0.3 is 0 Å². The first kappa shape index (κ1) is 13.1. The smallest absolute Gasteiger partial charge is 0.157 e. The van der Waals surface area contributed by atoms with E-state index in [0.717, 1.165) is 30.7 Å². The zero-order valence-corrected chi connectivity index (χ0v) is 12.6. The van der Waals surface area contributed by atoms with E-state index in [1.807, 2.05) is 4.52 Å². The van der Waals surface area contributed by atoms with Gasteiger partial charge in [-0.3, -0.25) is 0 Å². The number of nitrogens with zero attached hydrogens (tertiary/aromatic N) is 4. The SMILES string of the molecule is Cc1cc(N2CCC(CNC3CC3)CC2)n2ncnc2c1. The lowest BCUT2D eigenvalue weighted by atomic mass is 9.96. The van der Waals surface area contributed by atoms with E-state index in [0.29, 0.717) is 0 Å². The molecule has 2 aromatic rings. The lowest BCUT2D eigenvalue weighted by Crippen LogP contribution is -2.38. The first-order chi connectivity index (χ1) is 10.3. The van der Waals surface area contributed by atoms with Crippen LogP contribution in [0.25, 0.3) is 5.65 Å². The first-order valence-corrected chi connectivity index (χ1v) is 8.08. The molecule has 5 heteroatoms. The van der Waals surface area contributed by atoms with E-state index in [1.54, 1.807) is 6.33 Å². The number of rotatable bonds is 4. The van der Waals surface area contributed by atoms with Crippen LogP contribution in [0.2, 0.25) is 0 Å². The summed E-state index contributed by atoms with van der Waals surface area (Å²) in [6, 6.07) is 5.14. The number of aryl methyl sites for hydroxylation is 1. The molecule has 0 aromatic carbocycles. The van der Waals surface area contributed by atoms with Crippen LogP contribution in [0.1, 0.15) is 31.2 Å². The van der Waals surface area contributed by atoms with Gasteiger partial charge in [0.15, 0.2) is 5.65 Å². The van der Waals surface area contributed by atoms with Crippen LogP contribution in [-0.4, -0.2) is 40.3 Å². The molecule has 2 fully saturated rings. The summed E-state index contributed by atoms with van der Waals surface area (Å²) in [6.45, 7) is 5.57. The summed E-state index contributed by atoms with van der Waals surface area (Å²) in [7, 11) is 0. The molecule has 1 aliphatic heterocycles. The summed E-state index contributed by atoms with van der Waals surface area (Å²) >= 11 is 0. The third-order valence-electron chi connectivity index (χ3n) is 4.72. The fraction of sp³-hybridized carbons (Fsp3) is 0.625.